The Labute approximate surface area is 282 Å². The van der Waals surface area contributed by atoms with E-state index in [1.54, 1.807) is 24.3 Å². The third kappa shape index (κ3) is 9.13. The first kappa shape index (κ1) is 36.4. The average Bonchev–Trinajstić information content (AvgIpc) is 3.36. The summed E-state index contributed by atoms with van der Waals surface area (Å²) in [4.78, 5) is 50.2. The van der Waals surface area contributed by atoms with Crippen molar-refractivity contribution in [2.24, 2.45) is 0 Å². The SMILES string of the molecule is CC(C)(C)S(C)(C)C.O=C1CCC(N2Cc3c(ccc(CNC(=O)Nc4ccc(OCc5ccc(CO)cc5)cc4)c3F)C2=O)C(=O)N1. The molecule has 1 fully saturated rings. The molecule has 1 unspecified atom stereocenters. The van der Waals surface area contributed by atoms with Crippen LogP contribution in [0.4, 0.5) is 14.9 Å². The van der Waals surface area contributed by atoms with Gasteiger partial charge in [-0.05, 0) is 71.4 Å². The van der Waals surface area contributed by atoms with E-state index in [0.29, 0.717) is 22.8 Å². The lowest BCUT2D eigenvalue weighted by atomic mass is 10.0. The summed E-state index contributed by atoms with van der Waals surface area (Å²) >= 11 is 0. The highest BCUT2D eigenvalue weighted by Gasteiger charge is 2.40. The number of anilines is 1. The van der Waals surface area contributed by atoms with Crippen LogP contribution in [0.2, 0.25) is 0 Å². The lowest BCUT2D eigenvalue weighted by Crippen LogP contribution is -2.52. The number of nitrogens with zero attached hydrogens (tertiary/aromatic N) is 1. The first-order chi connectivity index (χ1) is 22.6. The number of rotatable bonds is 8. The number of carbonyl (C=O) groups excluding carboxylic acids is 4. The van der Waals surface area contributed by atoms with E-state index in [-0.39, 0.29) is 59.3 Å². The molecule has 3 aromatic carbocycles. The van der Waals surface area contributed by atoms with Gasteiger partial charge in [-0.3, -0.25) is 19.7 Å². The molecular weight excluding hydrogens is 635 g/mol. The number of amides is 5. The second-order valence-electron chi connectivity index (χ2n) is 13.5. The highest BCUT2D eigenvalue weighted by molar-refractivity contribution is 8.33. The topological polar surface area (TPSA) is 137 Å². The summed E-state index contributed by atoms with van der Waals surface area (Å²) in [6.45, 7) is 7.05. The predicted octanol–water partition coefficient (Wildman–Crippen LogP) is 5.46. The number of carbonyl (C=O) groups is 4. The largest absolute Gasteiger partial charge is 0.489 e. The van der Waals surface area contributed by atoms with E-state index < -0.39 is 35.6 Å². The Morgan fingerprint density at radius 2 is 1.62 bits per heavy atom. The minimum absolute atomic E-state index is 0.0162. The van der Waals surface area contributed by atoms with Crippen LogP contribution in [-0.4, -0.2) is 63.3 Å². The molecule has 2 heterocycles. The predicted molar refractivity (Wildman–Crippen MR) is 187 cm³/mol. The maximum Gasteiger partial charge on any atom is 0.319 e. The highest BCUT2D eigenvalue weighted by Crippen LogP contribution is 2.48. The molecule has 2 aliphatic heterocycles. The number of ether oxygens (including phenoxy) is 1. The van der Waals surface area contributed by atoms with Gasteiger partial charge in [0.15, 0.2) is 0 Å². The number of benzene rings is 3. The van der Waals surface area contributed by atoms with Gasteiger partial charge in [0.2, 0.25) is 11.8 Å². The van der Waals surface area contributed by atoms with Gasteiger partial charge in [0.25, 0.3) is 5.91 Å². The summed E-state index contributed by atoms with van der Waals surface area (Å²) in [6, 6.07) is 15.7. The molecule has 10 nitrogen and oxygen atoms in total. The van der Waals surface area contributed by atoms with Crippen LogP contribution in [0.1, 0.15) is 66.2 Å². The van der Waals surface area contributed by atoms with Crippen molar-refractivity contribution in [2.75, 3.05) is 24.1 Å². The zero-order chi connectivity index (χ0) is 35.2. The van der Waals surface area contributed by atoms with E-state index in [2.05, 4.69) is 55.5 Å². The second-order valence-corrected chi connectivity index (χ2v) is 18.4. The molecule has 0 radical (unpaired) electrons. The molecule has 0 aliphatic carbocycles. The van der Waals surface area contributed by atoms with Crippen molar-refractivity contribution in [2.45, 2.75) is 70.7 Å². The summed E-state index contributed by atoms with van der Waals surface area (Å²) in [7, 11) is -0.340. The first-order valence-electron chi connectivity index (χ1n) is 15.7. The maximum atomic E-state index is 15.3. The van der Waals surface area contributed by atoms with Gasteiger partial charge in [-0.25, -0.2) is 19.2 Å². The van der Waals surface area contributed by atoms with Crippen molar-refractivity contribution < 1.29 is 33.4 Å². The molecule has 1 atom stereocenters. The van der Waals surface area contributed by atoms with Crippen molar-refractivity contribution >= 4 is 39.5 Å². The molecule has 48 heavy (non-hydrogen) atoms. The summed E-state index contributed by atoms with van der Waals surface area (Å²) in [5.41, 5.74) is 2.81. The van der Waals surface area contributed by atoms with E-state index in [1.165, 1.54) is 17.0 Å². The highest BCUT2D eigenvalue weighted by atomic mass is 32.3. The number of hydrogen-bond acceptors (Lipinski definition) is 6. The summed E-state index contributed by atoms with van der Waals surface area (Å²) in [5, 5.41) is 16.6. The zero-order valence-electron chi connectivity index (χ0n) is 28.3. The number of imide groups is 1. The third-order valence-corrected chi connectivity index (χ3v) is 12.4. The standard InChI is InChI=1S/C29H27FN4O6.C7H18S/c30-26-19(5-10-22-23(26)14-34(28(22)38)24-11-12-25(36)33-27(24)37)13-31-29(39)32-20-6-8-21(9-7-20)40-16-18-3-1-17(15-35)2-4-18;1-7(2,3)8(4,5)6/h1-10,24,35H,11-16H2,(H2,31,32,39)(H,33,36,37);1-6H3. The molecule has 0 saturated carbocycles. The Kier molecular flexibility index (Phi) is 11.5. The molecule has 4 N–H and O–H groups in total. The van der Waals surface area contributed by atoms with Crippen molar-refractivity contribution in [3.8, 4) is 5.75 Å². The molecule has 258 valence electrons. The van der Waals surface area contributed by atoms with Gasteiger partial charge in [0.1, 0.15) is 24.2 Å². The normalized spacial score (nSPS) is 16.4. The minimum Gasteiger partial charge on any atom is -0.489 e. The quantitative estimate of drug-likeness (QED) is 0.234. The number of piperidine rings is 1. The van der Waals surface area contributed by atoms with Crippen LogP contribution in [0.25, 0.3) is 0 Å². The maximum absolute atomic E-state index is 15.3. The summed E-state index contributed by atoms with van der Waals surface area (Å²) < 4.78 is 21.5. The third-order valence-electron chi connectivity index (χ3n) is 8.73. The molecule has 1 saturated heterocycles. The van der Waals surface area contributed by atoms with Gasteiger partial charge >= 0.3 is 6.03 Å². The summed E-state index contributed by atoms with van der Waals surface area (Å²) in [5.74, 6) is -1.43. The van der Waals surface area contributed by atoms with E-state index in [1.807, 2.05) is 24.3 Å². The monoisotopic (exact) mass is 680 g/mol. The van der Waals surface area contributed by atoms with E-state index in [4.69, 9.17) is 9.84 Å². The molecule has 2 aliphatic rings. The van der Waals surface area contributed by atoms with Crippen molar-refractivity contribution in [1.82, 2.24) is 15.5 Å². The molecule has 5 amide bonds. The second kappa shape index (κ2) is 15.2. The Hall–Kier alpha value is -4.42. The molecule has 12 heteroatoms. The van der Waals surface area contributed by atoms with Gasteiger partial charge in [-0.1, -0.05) is 51.1 Å². The van der Waals surface area contributed by atoms with Crippen LogP contribution < -0.4 is 20.7 Å². The first-order valence-corrected chi connectivity index (χ1v) is 18.5. The molecule has 3 aromatic rings. The molecule has 0 aromatic heterocycles. The van der Waals surface area contributed by atoms with Crippen LogP contribution in [0, 0.1) is 5.82 Å². The van der Waals surface area contributed by atoms with E-state index >= 15 is 4.39 Å². The van der Waals surface area contributed by atoms with Crippen LogP contribution in [-0.2, 0) is 35.9 Å². The van der Waals surface area contributed by atoms with Crippen molar-refractivity contribution in [3.63, 3.8) is 0 Å². The number of fused-ring (bicyclic) bond motifs is 1. The smallest absolute Gasteiger partial charge is 0.319 e. The fraction of sp³-hybridized carbons (Fsp3) is 0.389. The summed E-state index contributed by atoms with van der Waals surface area (Å²) in [6.07, 6.45) is 7.36. The Morgan fingerprint density at radius 3 is 2.21 bits per heavy atom. The average molecular weight is 681 g/mol. The van der Waals surface area contributed by atoms with E-state index in [9.17, 15) is 19.2 Å². The van der Waals surface area contributed by atoms with Crippen LogP contribution in [0.3, 0.4) is 0 Å². The van der Waals surface area contributed by atoms with Gasteiger partial charge in [-0.2, -0.15) is 0 Å². The molecule has 0 bridgehead atoms. The Bertz CT molecular complexity index is 1640. The van der Waals surface area contributed by atoms with Gasteiger partial charge in [-0.15, -0.1) is 0 Å². The molecular formula is C36H45FN4O6S. The van der Waals surface area contributed by atoms with Gasteiger partial charge in [0.05, 0.1) is 13.2 Å². The lowest BCUT2D eigenvalue weighted by Gasteiger charge is -2.40. The zero-order valence-corrected chi connectivity index (χ0v) is 29.1. The Balaban J connectivity index is 0.000000579. The van der Waals surface area contributed by atoms with Crippen LogP contribution in [0.15, 0.2) is 60.7 Å². The fourth-order valence-corrected chi connectivity index (χ4v) is 4.68. The molecule has 5 rings (SSSR count). The number of aliphatic hydroxyl groups excluding tert-OH is 1. The van der Waals surface area contributed by atoms with Crippen LogP contribution >= 0.6 is 10.0 Å². The fourth-order valence-electron chi connectivity index (χ4n) is 4.68. The van der Waals surface area contributed by atoms with Gasteiger partial charge < -0.3 is 25.4 Å². The number of hydrogen-bond donors (Lipinski definition) is 4. The van der Waals surface area contributed by atoms with Gasteiger partial charge in [0, 0.05) is 35.3 Å². The number of aliphatic hydroxyl groups is 1. The number of halogens is 1. The lowest BCUT2D eigenvalue weighted by molar-refractivity contribution is -0.136. The minimum atomic E-state index is -0.834. The number of nitrogens with one attached hydrogen (secondary N) is 3. The number of urea groups is 1. The van der Waals surface area contributed by atoms with Crippen molar-refractivity contribution in [1.29, 1.82) is 0 Å². The van der Waals surface area contributed by atoms with Crippen LogP contribution in [0.5, 0.6) is 5.75 Å². The van der Waals surface area contributed by atoms with E-state index in [0.717, 1.165) is 11.1 Å². The van der Waals surface area contributed by atoms with Crippen molar-refractivity contribution in [3.05, 3.63) is 94.3 Å². The molecule has 0 spiro atoms. The Morgan fingerprint density at radius 1 is 1.00 bits per heavy atom.